The molecule has 5 nitrogen and oxygen atoms in total. The molecule has 0 aliphatic carbocycles. The van der Waals surface area contributed by atoms with E-state index in [1.807, 2.05) is 24.3 Å². The third-order valence-electron chi connectivity index (χ3n) is 4.60. The number of nitrogens with zero attached hydrogens (tertiary/aromatic N) is 1. The van der Waals surface area contributed by atoms with Gasteiger partial charge in [0.15, 0.2) is 6.10 Å². The third kappa shape index (κ3) is 6.29. The van der Waals surface area contributed by atoms with Crippen LogP contribution in [0.2, 0.25) is 0 Å². The first-order chi connectivity index (χ1) is 13.1. The summed E-state index contributed by atoms with van der Waals surface area (Å²) >= 11 is 0. The van der Waals surface area contributed by atoms with Crippen molar-refractivity contribution in [2.45, 2.75) is 40.0 Å². The van der Waals surface area contributed by atoms with Crippen LogP contribution in [-0.4, -0.2) is 37.1 Å². The van der Waals surface area contributed by atoms with Crippen LogP contribution >= 0.6 is 0 Å². The van der Waals surface area contributed by atoms with Crippen molar-refractivity contribution in [3.8, 4) is 11.5 Å². The van der Waals surface area contributed by atoms with E-state index in [1.165, 1.54) is 5.56 Å². The van der Waals surface area contributed by atoms with Crippen molar-refractivity contribution < 1.29 is 14.3 Å². The first-order valence-electron chi connectivity index (χ1n) is 9.44. The average molecular weight is 370 g/mol. The Morgan fingerprint density at radius 1 is 1.00 bits per heavy atom. The first kappa shape index (κ1) is 20.8. The van der Waals surface area contributed by atoms with Crippen LogP contribution in [-0.2, 0) is 17.9 Å². The van der Waals surface area contributed by atoms with Crippen LogP contribution in [0.15, 0.2) is 48.5 Å². The van der Waals surface area contributed by atoms with Crippen molar-refractivity contribution in [3.63, 3.8) is 0 Å². The van der Waals surface area contributed by atoms with E-state index in [2.05, 4.69) is 36.2 Å². The maximum Gasteiger partial charge on any atom is 0.261 e. The normalized spacial score (nSPS) is 11.9. The minimum absolute atomic E-state index is 0.136. The molecule has 1 amide bonds. The predicted molar refractivity (Wildman–Crippen MR) is 108 cm³/mol. The van der Waals surface area contributed by atoms with Gasteiger partial charge in [-0.15, -0.1) is 0 Å². The molecular formula is C22H30N2O3. The Morgan fingerprint density at radius 3 is 2.19 bits per heavy atom. The summed E-state index contributed by atoms with van der Waals surface area (Å²) in [5.74, 6) is 1.26. The van der Waals surface area contributed by atoms with E-state index in [0.717, 1.165) is 30.9 Å². The number of carbonyl (C=O) groups is 1. The molecule has 27 heavy (non-hydrogen) atoms. The number of hydrogen-bond acceptors (Lipinski definition) is 4. The van der Waals surface area contributed by atoms with Gasteiger partial charge in [-0.1, -0.05) is 38.1 Å². The largest absolute Gasteiger partial charge is 0.497 e. The Balaban J connectivity index is 1.92. The van der Waals surface area contributed by atoms with Gasteiger partial charge in [0.1, 0.15) is 11.5 Å². The highest BCUT2D eigenvalue weighted by molar-refractivity contribution is 5.80. The van der Waals surface area contributed by atoms with Gasteiger partial charge in [-0.05, 0) is 55.4 Å². The van der Waals surface area contributed by atoms with E-state index >= 15 is 0 Å². The Morgan fingerprint density at radius 2 is 1.59 bits per heavy atom. The second-order valence-corrected chi connectivity index (χ2v) is 6.38. The highest BCUT2D eigenvalue weighted by atomic mass is 16.5. The summed E-state index contributed by atoms with van der Waals surface area (Å²) in [5, 5.41) is 2.98. The van der Waals surface area contributed by atoms with Crippen LogP contribution in [0.25, 0.3) is 0 Å². The molecule has 0 aromatic heterocycles. The Bertz CT molecular complexity index is 712. The van der Waals surface area contributed by atoms with Gasteiger partial charge >= 0.3 is 0 Å². The van der Waals surface area contributed by atoms with Gasteiger partial charge in [0, 0.05) is 13.1 Å². The van der Waals surface area contributed by atoms with Crippen molar-refractivity contribution in [3.05, 3.63) is 59.7 Å². The zero-order valence-corrected chi connectivity index (χ0v) is 16.7. The smallest absolute Gasteiger partial charge is 0.261 e. The van der Waals surface area contributed by atoms with Crippen LogP contribution < -0.4 is 14.8 Å². The number of carbonyl (C=O) groups excluding carboxylic acids is 1. The summed E-state index contributed by atoms with van der Waals surface area (Å²) in [4.78, 5) is 14.8. The number of ether oxygens (including phenoxy) is 2. The zero-order chi connectivity index (χ0) is 19.6. The van der Waals surface area contributed by atoms with Crippen LogP contribution in [0.1, 0.15) is 31.9 Å². The fourth-order valence-electron chi connectivity index (χ4n) is 2.81. The summed E-state index contributed by atoms with van der Waals surface area (Å²) < 4.78 is 10.8. The highest BCUT2D eigenvalue weighted by Gasteiger charge is 2.15. The second-order valence-electron chi connectivity index (χ2n) is 6.38. The Kier molecular flexibility index (Phi) is 8.14. The zero-order valence-electron chi connectivity index (χ0n) is 16.7. The standard InChI is InChI=1S/C22H30N2O3/c1-5-24(6-2)16-19-10-8-7-9-18(19)15-23-22(25)17(3)27-21-13-11-20(26-4)12-14-21/h7-14,17H,5-6,15-16H2,1-4H3,(H,23,25). The number of nitrogens with one attached hydrogen (secondary N) is 1. The van der Waals surface area contributed by atoms with E-state index in [0.29, 0.717) is 12.3 Å². The SMILES string of the molecule is CCN(CC)Cc1ccccc1CNC(=O)C(C)Oc1ccc(OC)cc1. The molecule has 146 valence electrons. The molecule has 0 heterocycles. The second kappa shape index (κ2) is 10.6. The lowest BCUT2D eigenvalue weighted by Gasteiger charge is -2.21. The van der Waals surface area contributed by atoms with Crippen LogP contribution in [0.5, 0.6) is 11.5 Å². The topological polar surface area (TPSA) is 50.8 Å². The monoisotopic (exact) mass is 370 g/mol. The molecule has 5 heteroatoms. The van der Waals surface area contributed by atoms with Gasteiger partial charge in [0.25, 0.3) is 5.91 Å². The summed E-state index contributed by atoms with van der Waals surface area (Å²) in [6.07, 6.45) is -0.576. The number of amides is 1. The van der Waals surface area contributed by atoms with Gasteiger partial charge in [0.05, 0.1) is 7.11 Å². The minimum atomic E-state index is -0.576. The van der Waals surface area contributed by atoms with Gasteiger partial charge in [-0.3, -0.25) is 9.69 Å². The van der Waals surface area contributed by atoms with Crippen molar-refractivity contribution in [1.82, 2.24) is 10.2 Å². The molecule has 1 unspecified atom stereocenters. The molecule has 2 rings (SSSR count). The molecule has 0 saturated carbocycles. The molecule has 0 aliphatic heterocycles. The van der Waals surface area contributed by atoms with E-state index in [1.54, 1.807) is 26.2 Å². The lowest BCUT2D eigenvalue weighted by Crippen LogP contribution is -2.36. The van der Waals surface area contributed by atoms with Gasteiger partial charge < -0.3 is 14.8 Å². The van der Waals surface area contributed by atoms with Gasteiger partial charge in [-0.25, -0.2) is 0 Å². The highest BCUT2D eigenvalue weighted by Crippen LogP contribution is 2.18. The fourth-order valence-corrected chi connectivity index (χ4v) is 2.81. The molecule has 0 aliphatic rings. The lowest BCUT2D eigenvalue weighted by atomic mass is 10.1. The van der Waals surface area contributed by atoms with Crippen molar-refractivity contribution in [1.29, 1.82) is 0 Å². The number of hydrogen-bond donors (Lipinski definition) is 1. The van der Waals surface area contributed by atoms with Gasteiger partial charge in [0.2, 0.25) is 0 Å². The summed E-state index contributed by atoms with van der Waals surface area (Å²) in [6, 6.07) is 15.4. The minimum Gasteiger partial charge on any atom is -0.497 e. The predicted octanol–water partition coefficient (Wildman–Crippen LogP) is 3.62. The number of benzene rings is 2. The van der Waals surface area contributed by atoms with E-state index in [9.17, 15) is 4.79 Å². The van der Waals surface area contributed by atoms with E-state index < -0.39 is 6.10 Å². The van der Waals surface area contributed by atoms with E-state index in [-0.39, 0.29) is 5.91 Å². The first-order valence-corrected chi connectivity index (χ1v) is 9.44. The van der Waals surface area contributed by atoms with Crippen molar-refractivity contribution in [2.75, 3.05) is 20.2 Å². The molecule has 0 saturated heterocycles. The Hall–Kier alpha value is -2.53. The third-order valence-corrected chi connectivity index (χ3v) is 4.60. The van der Waals surface area contributed by atoms with Crippen LogP contribution in [0, 0.1) is 0 Å². The molecule has 1 N–H and O–H groups in total. The molecule has 0 bridgehead atoms. The quantitative estimate of drug-likeness (QED) is 0.694. The van der Waals surface area contributed by atoms with Crippen LogP contribution in [0.3, 0.4) is 0 Å². The van der Waals surface area contributed by atoms with Crippen LogP contribution in [0.4, 0.5) is 0 Å². The molecule has 0 spiro atoms. The molecular weight excluding hydrogens is 340 g/mol. The maximum atomic E-state index is 12.4. The van der Waals surface area contributed by atoms with Crippen molar-refractivity contribution in [2.24, 2.45) is 0 Å². The molecule has 2 aromatic carbocycles. The van der Waals surface area contributed by atoms with E-state index in [4.69, 9.17) is 9.47 Å². The summed E-state index contributed by atoms with van der Waals surface area (Å²) in [6.45, 7) is 9.46. The Labute approximate surface area is 162 Å². The number of rotatable bonds is 10. The maximum absolute atomic E-state index is 12.4. The molecule has 0 radical (unpaired) electrons. The molecule has 2 aromatic rings. The lowest BCUT2D eigenvalue weighted by molar-refractivity contribution is -0.127. The fraction of sp³-hybridized carbons (Fsp3) is 0.409. The van der Waals surface area contributed by atoms with Crippen molar-refractivity contribution >= 4 is 5.91 Å². The van der Waals surface area contributed by atoms with Gasteiger partial charge in [-0.2, -0.15) is 0 Å². The average Bonchev–Trinajstić information content (AvgIpc) is 2.71. The summed E-state index contributed by atoms with van der Waals surface area (Å²) in [5.41, 5.74) is 2.37. The summed E-state index contributed by atoms with van der Waals surface area (Å²) in [7, 11) is 1.62. The number of methoxy groups -OCH3 is 1. The molecule has 0 fully saturated rings. The molecule has 1 atom stereocenters.